The van der Waals surface area contributed by atoms with Crippen molar-refractivity contribution < 1.29 is 9.53 Å². The molecule has 0 aromatic carbocycles. The van der Waals surface area contributed by atoms with E-state index in [2.05, 4.69) is 36.7 Å². The molecule has 7 heteroatoms. The molecular formula is C9H7N5O2. The van der Waals surface area contributed by atoms with Crippen molar-refractivity contribution in [3.05, 3.63) is 12.0 Å². The number of anilines is 1. The minimum atomic E-state index is -0.641. The molecule has 0 fully saturated rings. The second-order valence-electron chi connectivity index (χ2n) is 2.80. The molecule has 3 N–H and O–H groups in total. The zero-order valence-corrected chi connectivity index (χ0v) is 8.31. The summed E-state index contributed by atoms with van der Waals surface area (Å²) in [5.74, 6) is 4.43. The maximum absolute atomic E-state index is 10.8. The van der Waals surface area contributed by atoms with Crippen LogP contribution in [0.4, 0.5) is 5.82 Å². The van der Waals surface area contributed by atoms with Crippen molar-refractivity contribution in [2.45, 2.75) is 0 Å². The fraction of sp³-hybridized carbons (Fsp3) is 0.111. The van der Waals surface area contributed by atoms with Crippen LogP contribution in [-0.2, 0) is 9.53 Å². The number of nitrogens with zero attached hydrogens (tertiary/aromatic N) is 3. The summed E-state index contributed by atoms with van der Waals surface area (Å²) in [5.41, 5.74) is 6.44. The third-order valence-electron chi connectivity index (χ3n) is 1.86. The first-order valence-electron chi connectivity index (χ1n) is 4.27. The van der Waals surface area contributed by atoms with Gasteiger partial charge in [0.1, 0.15) is 17.8 Å². The summed E-state index contributed by atoms with van der Waals surface area (Å²) in [5, 5.41) is 6.99. The number of fused-ring (bicyclic) bond motifs is 1. The van der Waals surface area contributed by atoms with Gasteiger partial charge in [-0.2, -0.15) is 5.10 Å². The average molecular weight is 217 g/mol. The van der Waals surface area contributed by atoms with Gasteiger partial charge in [0.2, 0.25) is 0 Å². The van der Waals surface area contributed by atoms with Crippen LogP contribution in [0.5, 0.6) is 0 Å². The number of esters is 1. The molecule has 16 heavy (non-hydrogen) atoms. The Labute approximate surface area is 90.0 Å². The summed E-state index contributed by atoms with van der Waals surface area (Å²) in [6.45, 7) is 0. The topological polar surface area (TPSA) is 107 Å². The van der Waals surface area contributed by atoms with E-state index in [-0.39, 0.29) is 5.82 Å². The molecule has 0 aliphatic heterocycles. The lowest BCUT2D eigenvalue weighted by atomic mass is 10.3. The van der Waals surface area contributed by atoms with Gasteiger partial charge in [-0.3, -0.25) is 5.10 Å². The van der Waals surface area contributed by atoms with Crippen LogP contribution >= 0.6 is 0 Å². The number of methoxy groups -OCH3 is 1. The molecular weight excluding hydrogens is 210 g/mol. The van der Waals surface area contributed by atoms with Crippen LogP contribution in [0, 0.1) is 11.8 Å². The van der Waals surface area contributed by atoms with E-state index >= 15 is 0 Å². The third-order valence-corrected chi connectivity index (χ3v) is 1.86. The minimum absolute atomic E-state index is 0.257. The number of ether oxygens (including phenoxy) is 1. The number of nitrogen functional groups attached to an aromatic ring is 1. The van der Waals surface area contributed by atoms with Crippen LogP contribution in [0.15, 0.2) is 6.33 Å². The number of aromatic nitrogens is 4. The predicted molar refractivity (Wildman–Crippen MR) is 55.0 cm³/mol. The van der Waals surface area contributed by atoms with Gasteiger partial charge in [0.05, 0.1) is 12.5 Å². The van der Waals surface area contributed by atoms with E-state index in [1.165, 1.54) is 13.4 Å². The van der Waals surface area contributed by atoms with Gasteiger partial charge in [-0.1, -0.05) is 0 Å². The normalized spacial score (nSPS) is 9.56. The lowest BCUT2D eigenvalue weighted by Gasteiger charge is -1.92. The smallest absolute Gasteiger partial charge is 0.384 e. The molecule has 2 aromatic rings. The number of carbonyl (C=O) groups is 1. The van der Waals surface area contributed by atoms with Gasteiger partial charge in [-0.25, -0.2) is 14.8 Å². The molecule has 0 spiro atoms. The second-order valence-corrected chi connectivity index (χ2v) is 2.80. The van der Waals surface area contributed by atoms with Gasteiger partial charge < -0.3 is 10.5 Å². The van der Waals surface area contributed by atoms with Crippen molar-refractivity contribution in [3.63, 3.8) is 0 Å². The van der Waals surface area contributed by atoms with Crippen LogP contribution in [0.2, 0.25) is 0 Å². The Morgan fingerprint density at radius 1 is 1.56 bits per heavy atom. The van der Waals surface area contributed by atoms with Crippen LogP contribution in [0.25, 0.3) is 11.0 Å². The molecule has 0 unspecified atom stereocenters. The molecule has 0 radical (unpaired) electrons. The standard InChI is InChI=1S/C9H7N5O2/c1-16-6(15)3-2-5-7-8(10)11-4-12-9(7)14-13-5/h4H,1H3,(H3,10,11,12,13,14). The highest BCUT2D eigenvalue weighted by Crippen LogP contribution is 2.17. The summed E-state index contributed by atoms with van der Waals surface area (Å²) in [7, 11) is 1.25. The number of hydrogen-bond acceptors (Lipinski definition) is 6. The molecule has 0 aliphatic rings. The number of nitrogens with one attached hydrogen (secondary N) is 1. The van der Waals surface area contributed by atoms with Crippen molar-refractivity contribution in [1.82, 2.24) is 20.2 Å². The van der Waals surface area contributed by atoms with Crippen LogP contribution < -0.4 is 5.73 Å². The van der Waals surface area contributed by atoms with Crippen LogP contribution in [-0.4, -0.2) is 33.2 Å². The van der Waals surface area contributed by atoms with E-state index in [0.717, 1.165) is 0 Å². The molecule has 0 bridgehead atoms. The molecule has 7 nitrogen and oxygen atoms in total. The Balaban J connectivity index is 2.53. The third kappa shape index (κ3) is 1.64. The van der Waals surface area contributed by atoms with Crippen molar-refractivity contribution in [2.75, 3.05) is 12.8 Å². The highest BCUT2D eigenvalue weighted by molar-refractivity contribution is 5.93. The van der Waals surface area contributed by atoms with E-state index in [1.54, 1.807) is 0 Å². The zero-order valence-electron chi connectivity index (χ0n) is 8.31. The van der Waals surface area contributed by atoms with E-state index in [9.17, 15) is 4.79 Å². The first-order chi connectivity index (χ1) is 7.72. The Morgan fingerprint density at radius 3 is 3.12 bits per heavy atom. The molecule has 80 valence electrons. The van der Waals surface area contributed by atoms with Gasteiger partial charge >= 0.3 is 5.97 Å². The second kappa shape index (κ2) is 3.86. The van der Waals surface area contributed by atoms with Gasteiger partial charge in [0.15, 0.2) is 5.65 Å². The molecule has 0 saturated heterocycles. The Kier molecular flexibility index (Phi) is 2.39. The molecule has 0 aliphatic carbocycles. The molecule has 0 amide bonds. The maximum Gasteiger partial charge on any atom is 0.384 e. The largest absolute Gasteiger partial charge is 0.459 e. The molecule has 2 heterocycles. The number of rotatable bonds is 0. The van der Waals surface area contributed by atoms with Crippen molar-refractivity contribution in [1.29, 1.82) is 0 Å². The number of H-pyrrole nitrogens is 1. The average Bonchev–Trinajstić information content (AvgIpc) is 2.70. The summed E-state index contributed by atoms with van der Waals surface area (Å²) >= 11 is 0. The highest BCUT2D eigenvalue weighted by Gasteiger charge is 2.08. The maximum atomic E-state index is 10.8. The van der Waals surface area contributed by atoms with E-state index in [0.29, 0.717) is 16.7 Å². The van der Waals surface area contributed by atoms with Gasteiger partial charge in [-0.05, 0) is 5.92 Å². The van der Waals surface area contributed by atoms with E-state index in [1.807, 2.05) is 0 Å². The monoisotopic (exact) mass is 217 g/mol. The minimum Gasteiger partial charge on any atom is -0.459 e. The fourth-order valence-electron chi connectivity index (χ4n) is 1.13. The first-order valence-corrected chi connectivity index (χ1v) is 4.27. The Bertz CT molecular complexity index is 607. The number of aromatic amines is 1. The Hall–Kier alpha value is -2.62. The molecule has 2 aromatic heterocycles. The van der Waals surface area contributed by atoms with Crippen molar-refractivity contribution in [2.24, 2.45) is 0 Å². The summed E-state index contributed by atoms with van der Waals surface area (Å²) in [4.78, 5) is 18.5. The van der Waals surface area contributed by atoms with E-state index in [4.69, 9.17) is 5.73 Å². The summed E-state index contributed by atoms with van der Waals surface area (Å²) in [6.07, 6.45) is 1.30. The predicted octanol–water partition coefficient (Wildman–Crippen LogP) is -0.540. The molecule has 2 rings (SSSR count). The van der Waals surface area contributed by atoms with Gasteiger partial charge in [0.25, 0.3) is 0 Å². The zero-order chi connectivity index (χ0) is 11.5. The highest BCUT2D eigenvalue weighted by atomic mass is 16.5. The first kappa shape index (κ1) is 9.92. The van der Waals surface area contributed by atoms with Crippen molar-refractivity contribution in [3.8, 4) is 11.8 Å². The van der Waals surface area contributed by atoms with Crippen molar-refractivity contribution >= 4 is 22.8 Å². The van der Waals surface area contributed by atoms with Gasteiger partial charge in [0, 0.05) is 5.92 Å². The number of nitrogens with two attached hydrogens (primary N) is 1. The summed E-state index contributed by atoms with van der Waals surface area (Å²) < 4.78 is 4.38. The fourth-order valence-corrected chi connectivity index (χ4v) is 1.13. The van der Waals surface area contributed by atoms with Crippen LogP contribution in [0.1, 0.15) is 5.69 Å². The molecule has 0 atom stereocenters. The SMILES string of the molecule is COC(=O)C#Cc1[nH]nc2ncnc(N)c12. The quantitative estimate of drug-likeness (QED) is 0.453. The van der Waals surface area contributed by atoms with Gasteiger partial charge in [-0.15, -0.1) is 0 Å². The summed E-state index contributed by atoms with van der Waals surface area (Å²) in [6, 6.07) is 0. The number of carbonyl (C=O) groups excluding carboxylic acids is 1. The lowest BCUT2D eigenvalue weighted by molar-refractivity contribution is -0.133. The van der Waals surface area contributed by atoms with E-state index < -0.39 is 5.97 Å². The molecule has 0 saturated carbocycles. The Morgan fingerprint density at radius 2 is 2.38 bits per heavy atom. The number of hydrogen-bond donors (Lipinski definition) is 2. The lowest BCUT2D eigenvalue weighted by Crippen LogP contribution is -1.95. The van der Waals surface area contributed by atoms with Crippen LogP contribution in [0.3, 0.4) is 0 Å².